The molecule has 0 radical (unpaired) electrons. The van der Waals surface area contributed by atoms with Crippen LogP contribution < -0.4 is 5.32 Å². The molecule has 3 nitrogen and oxygen atoms in total. The van der Waals surface area contributed by atoms with Gasteiger partial charge in [0.15, 0.2) is 0 Å². The Morgan fingerprint density at radius 3 is 2.63 bits per heavy atom. The summed E-state index contributed by atoms with van der Waals surface area (Å²) < 4.78 is 3.10. The summed E-state index contributed by atoms with van der Waals surface area (Å²) in [6, 6.07) is 8.89. The highest BCUT2D eigenvalue weighted by Gasteiger charge is 2.14. The Balaban J connectivity index is 2.06. The molecule has 102 valence electrons. The fourth-order valence-electron chi connectivity index (χ4n) is 2.16. The van der Waals surface area contributed by atoms with E-state index in [0.29, 0.717) is 0 Å². The minimum absolute atomic E-state index is 0.280. The molecule has 2 atom stereocenters. The SMILES string of the molecule is CCn1cc(C(C)N[C@H](C)c2ccccc2Br)cn1. The number of hydrogen-bond acceptors (Lipinski definition) is 2. The van der Waals surface area contributed by atoms with Gasteiger partial charge in [-0.15, -0.1) is 0 Å². The van der Waals surface area contributed by atoms with E-state index in [2.05, 4.69) is 71.5 Å². The molecule has 4 heteroatoms. The Kier molecular flexibility index (Phi) is 4.77. The van der Waals surface area contributed by atoms with Crippen LogP contribution in [0.2, 0.25) is 0 Å². The second-order valence-electron chi connectivity index (χ2n) is 4.76. The monoisotopic (exact) mass is 321 g/mol. The van der Waals surface area contributed by atoms with Gasteiger partial charge in [-0.05, 0) is 32.4 Å². The summed E-state index contributed by atoms with van der Waals surface area (Å²) in [5.74, 6) is 0. The third kappa shape index (κ3) is 3.45. The first kappa shape index (κ1) is 14.3. The van der Waals surface area contributed by atoms with Gasteiger partial charge in [0.05, 0.1) is 6.20 Å². The van der Waals surface area contributed by atoms with Gasteiger partial charge < -0.3 is 5.32 Å². The fourth-order valence-corrected chi connectivity index (χ4v) is 2.79. The minimum atomic E-state index is 0.280. The molecule has 0 bridgehead atoms. The summed E-state index contributed by atoms with van der Waals surface area (Å²) in [6.07, 6.45) is 4.04. The molecule has 1 heterocycles. The highest BCUT2D eigenvalue weighted by molar-refractivity contribution is 9.10. The van der Waals surface area contributed by atoms with Crippen LogP contribution in [-0.4, -0.2) is 9.78 Å². The van der Waals surface area contributed by atoms with Crippen molar-refractivity contribution in [3.05, 3.63) is 52.3 Å². The first-order valence-corrected chi connectivity index (χ1v) is 7.44. The van der Waals surface area contributed by atoms with Crippen molar-refractivity contribution in [2.75, 3.05) is 0 Å². The molecule has 1 N–H and O–H groups in total. The first-order valence-electron chi connectivity index (χ1n) is 6.64. The molecule has 2 aromatic rings. The average Bonchev–Trinajstić information content (AvgIpc) is 2.88. The fraction of sp³-hybridized carbons (Fsp3) is 0.400. The third-order valence-electron chi connectivity index (χ3n) is 3.35. The average molecular weight is 322 g/mol. The topological polar surface area (TPSA) is 29.9 Å². The predicted octanol–water partition coefficient (Wildman–Crippen LogP) is 4.08. The number of nitrogens with one attached hydrogen (secondary N) is 1. The maximum absolute atomic E-state index is 4.32. The summed E-state index contributed by atoms with van der Waals surface area (Å²) in [7, 11) is 0. The van der Waals surface area contributed by atoms with Gasteiger partial charge in [0.25, 0.3) is 0 Å². The lowest BCUT2D eigenvalue weighted by Crippen LogP contribution is -2.22. The molecule has 0 saturated carbocycles. The van der Waals surface area contributed by atoms with Crippen LogP contribution in [0, 0.1) is 0 Å². The van der Waals surface area contributed by atoms with Gasteiger partial charge in [-0.25, -0.2) is 0 Å². The van der Waals surface area contributed by atoms with E-state index in [1.807, 2.05) is 16.9 Å². The highest BCUT2D eigenvalue weighted by atomic mass is 79.9. The highest BCUT2D eigenvalue weighted by Crippen LogP contribution is 2.25. The maximum Gasteiger partial charge on any atom is 0.0537 e. The largest absolute Gasteiger partial charge is 0.303 e. The zero-order valence-corrected chi connectivity index (χ0v) is 13.2. The van der Waals surface area contributed by atoms with E-state index >= 15 is 0 Å². The third-order valence-corrected chi connectivity index (χ3v) is 4.07. The molecule has 1 unspecified atom stereocenters. The Hall–Kier alpha value is -1.13. The van der Waals surface area contributed by atoms with Crippen molar-refractivity contribution in [3.63, 3.8) is 0 Å². The number of nitrogens with zero attached hydrogens (tertiary/aromatic N) is 2. The second kappa shape index (κ2) is 6.35. The van der Waals surface area contributed by atoms with Crippen molar-refractivity contribution in [1.82, 2.24) is 15.1 Å². The van der Waals surface area contributed by atoms with Crippen LogP contribution in [-0.2, 0) is 6.54 Å². The zero-order chi connectivity index (χ0) is 13.8. The lowest BCUT2D eigenvalue weighted by Gasteiger charge is -2.20. The van der Waals surface area contributed by atoms with Gasteiger partial charge in [0.1, 0.15) is 0 Å². The van der Waals surface area contributed by atoms with Gasteiger partial charge in [-0.3, -0.25) is 4.68 Å². The van der Waals surface area contributed by atoms with Crippen molar-refractivity contribution >= 4 is 15.9 Å². The van der Waals surface area contributed by atoms with Crippen LogP contribution in [0.4, 0.5) is 0 Å². The van der Waals surface area contributed by atoms with Gasteiger partial charge in [-0.1, -0.05) is 34.1 Å². The zero-order valence-electron chi connectivity index (χ0n) is 11.6. The van der Waals surface area contributed by atoms with E-state index in [1.54, 1.807) is 0 Å². The van der Waals surface area contributed by atoms with E-state index in [-0.39, 0.29) is 12.1 Å². The Labute approximate surface area is 123 Å². The molecule has 0 fully saturated rings. The summed E-state index contributed by atoms with van der Waals surface area (Å²) >= 11 is 3.60. The second-order valence-corrected chi connectivity index (χ2v) is 5.62. The predicted molar refractivity (Wildman–Crippen MR) is 82.0 cm³/mol. The summed E-state index contributed by atoms with van der Waals surface area (Å²) in [5, 5.41) is 7.93. The van der Waals surface area contributed by atoms with Crippen molar-refractivity contribution in [2.45, 2.75) is 39.4 Å². The smallest absolute Gasteiger partial charge is 0.0537 e. The Morgan fingerprint density at radius 1 is 1.26 bits per heavy atom. The van der Waals surface area contributed by atoms with Gasteiger partial charge in [0, 0.05) is 34.9 Å². The van der Waals surface area contributed by atoms with Gasteiger partial charge in [-0.2, -0.15) is 5.10 Å². The summed E-state index contributed by atoms with van der Waals surface area (Å²) in [6.45, 7) is 7.36. The quantitative estimate of drug-likeness (QED) is 0.899. The lowest BCUT2D eigenvalue weighted by molar-refractivity contribution is 0.493. The van der Waals surface area contributed by atoms with E-state index in [1.165, 1.54) is 11.1 Å². The van der Waals surface area contributed by atoms with Crippen molar-refractivity contribution in [3.8, 4) is 0 Å². The molecular formula is C15H20BrN3. The van der Waals surface area contributed by atoms with Crippen molar-refractivity contribution < 1.29 is 0 Å². The number of benzene rings is 1. The standard InChI is InChI=1S/C15H20BrN3/c1-4-19-10-13(9-17-19)11(2)18-12(3)14-7-5-6-8-15(14)16/h5-12,18H,4H2,1-3H3/t11?,12-/m1/s1. The number of hydrogen-bond donors (Lipinski definition) is 1. The van der Waals surface area contributed by atoms with Crippen LogP contribution in [0.15, 0.2) is 41.1 Å². The normalized spacial score (nSPS) is 14.3. The molecule has 0 aliphatic rings. The molecule has 0 amide bonds. The van der Waals surface area contributed by atoms with Crippen LogP contribution >= 0.6 is 15.9 Å². The number of halogens is 1. The summed E-state index contributed by atoms with van der Waals surface area (Å²) in [4.78, 5) is 0. The van der Waals surface area contributed by atoms with Crippen LogP contribution in [0.25, 0.3) is 0 Å². The van der Waals surface area contributed by atoms with Crippen molar-refractivity contribution in [2.24, 2.45) is 0 Å². The molecule has 0 saturated heterocycles. The van der Waals surface area contributed by atoms with Gasteiger partial charge in [0.2, 0.25) is 0 Å². The Morgan fingerprint density at radius 2 is 2.00 bits per heavy atom. The number of aromatic nitrogens is 2. The molecule has 1 aromatic heterocycles. The lowest BCUT2D eigenvalue weighted by atomic mass is 10.1. The number of rotatable bonds is 5. The van der Waals surface area contributed by atoms with E-state index < -0.39 is 0 Å². The molecule has 0 spiro atoms. The van der Waals surface area contributed by atoms with Crippen molar-refractivity contribution in [1.29, 1.82) is 0 Å². The minimum Gasteiger partial charge on any atom is -0.303 e. The molecule has 2 rings (SSSR count). The Bertz CT molecular complexity index is 536. The molecular weight excluding hydrogens is 302 g/mol. The molecule has 1 aromatic carbocycles. The first-order chi connectivity index (χ1) is 9.11. The molecule has 0 aliphatic heterocycles. The summed E-state index contributed by atoms with van der Waals surface area (Å²) in [5.41, 5.74) is 2.50. The van der Waals surface area contributed by atoms with Crippen LogP contribution in [0.3, 0.4) is 0 Å². The van der Waals surface area contributed by atoms with E-state index in [0.717, 1.165) is 11.0 Å². The van der Waals surface area contributed by atoms with Gasteiger partial charge >= 0.3 is 0 Å². The van der Waals surface area contributed by atoms with E-state index in [4.69, 9.17) is 0 Å². The number of aryl methyl sites for hydroxylation is 1. The maximum atomic E-state index is 4.32. The van der Waals surface area contributed by atoms with Crippen LogP contribution in [0.5, 0.6) is 0 Å². The van der Waals surface area contributed by atoms with Crippen LogP contribution in [0.1, 0.15) is 44.0 Å². The molecule has 0 aliphatic carbocycles. The van der Waals surface area contributed by atoms with E-state index in [9.17, 15) is 0 Å². The molecule has 19 heavy (non-hydrogen) atoms.